The number of benzene rings is 9. The summed E-state index contributed by atoms with van der Waals surface area (Å²) in [6, 6.07) is 50.8. The summed E-state index contributed by atoms with van der Waals surface area (Å²) in [6.45, 7) is 0. The number of rotatable bonds is 6. The van der Waals surface area contributed by atoms with Gasteiger partial charge in [0.25, 0.3) is 0 Å². The van der Waals surface area contributed by atoms with Crippen LogP contribution < -0.4 is 48.6 Å². The van der Waals surface area contributed by atoms with Gasteiger partial charge < -0.3 is 4.90 Å². The van der Waals surface area contributed by atoms with Gasteiger partial charge in [-0.1, -0.05) is 165 Å². The maximum Gasteiger partial charge on any atom is 0.115 e. The molecule has 0 aliphatic carbocycles. The number of nitrogens with zero attached hydrogens (tertiary/aromatic N) is 1. The number of anilines is 3. The number of fused-ring (bicyclic) bond motifs is 5. The van der Waals surface area contributed by atoms with Gasteiger partial charge in [0.2, 0.25) is 0 Å². The fourth-order valence-electron chi connectivity index (χ4n) is 8.68. The molecule has 0 aliphatic heterocycles. The topological polar surface area (TPSA) is 3.24 Å². The van der Waals surface area contributed by atoms with Gasteiger partial charge in [-0.3, -0.25) is 0 Å². The molecule has 10 aromatic rings. The van der Waals surface area contributed by atoms with Crippen molar-refractivity contribution in [3.63, 3.8) is 0 Å². The van der Waals surface area contributed by atoms with Gasteiger partial charge >= 0.3 is 0 Å². The molecule has 10 rings (SSSR count). The molecule has 0 saturated heterocycles. The fraction of sp³-hybridized carbons (Fsp3) is 0. The standard InChI is InChI=1S/C50H25B8NS/c51-41-39(34-19-8-12-26-10-1-3-16-31(26)34)42(52)46(56)49(45(41)55)59(30-15-7-14-28(24-30)29-22-23-38-36(25-29)33-18-5-6-21-37(33)60-38)50-47(57)43(53)40(44(54)48(50)58)35-20-9-13-27-11-2-4-17-32(27)35/h1-25H. The van der Waals surface area contributed by atoms with Crippen molar-refractivity contribution in [1.29, 1.82) is 0 Å². The summed E-state index contributed by atoms with van der Waals surface area (Å²) in [5.74, 6) is 0. The zero-order valence-electron chi connectivity index (χ0n) is 32.4. The largest absolute Gasteiger partial charge is 0.313 e. The van der Waals surface area contributed by atoms with Crippen molar-refractivity contribution >= 4 is 177 Å². The molecule has 60 heavy (non-hydrogen) atoms. The first-order chi connectivity index (χ1) is 29.1. The third-order valence-electron chi connectivity index (χ3n) is 11.6. The van der Waals surface area contributed by atoms with Crippen LogP contribution in [0.15, 0.2) is 152 Å². The van der Waals surface area contributed by atoms with Gasteiger partial charge in [-0.2, -0.15) is 0 Å². The Morgan fingerprint density at radius 2 is 0.767 bits per heavy atom. The van der Waals surface area contributed by atoms with E-state index in [1.165, 1.54) is 20.2 Å². The molecular formula is C50H25B8NS. The lowest BCUT2D eigenvalue weighted by molar-refractivity contribution is 1.33. The molecule has 1 aromatic heterocycles. The van der Waals surface area contributed by atoms with Crippen molar-refractivity contribution in [1.82, 2.24) is 0 Å². The minimum atomic E-state index is 0.176. The van der Waals surface area contributed by atoms with Crippen LogP contribution in [-0.2, 0) is 0 Å². The molecule has 0 spiro atoms. The van der Waals surface area contributed by atoms with Crippen molar-refractivity contribution in [2.45, 2.75) is 0 Å². The highest BCUT2D eigenvalue weighted by molar-refractivity contribution is 7.25. The lowest BCUT2D eigenvalue weighted by Crippen LogP contribution is -2.50. The monoisotopic (exact) mass is 759 g/mol. The van der Waals surface area contributed by atoms with Crippen LogP contribution in [0.4, 0.5) is 17.1 Å². The first-order valence-corrected chi connectivity index (χ1v) is 20.2. The second kappa shape index (κ2) is 14.9. The summed E-state index contributed by atoms with van der Waals surface area (Å²) in [5, 5.41) is 6.30. The van der Waals surface area contributed by atoms with Crippen LogP contribution in [0.5, 0.6) is 0 Å². The maximum absolute atomic E-state index is 7.18. The molecule has 0 saturated carbocycles. The minimum Gasteiger partial charge on any atom is -0.313 e. The van der Waals surface area contributed by atoms with E-state index in [-0.39, 0.29) is 43.7 Å². The molecule has 10 heteroatoms. The van der Waals surface area contributed by atoms with Crippen molar-refractivity contribution in [3.8, 4) is 33.4 Å². The van der Waals surface area contributed by atoms with E-state index in [0.717, 1.165) is 43.8 Å². The van der Waals surface area contributed by atoms with Crippen LogP contribution in [0.1, 0.15) is 0 Å². The van der Waals surface area contributed by atoms with E-state index in [9.17, 15) is 0 Å². The van der Waals surface area contributed by atoms with E-state index in [1.807, 2.05) is 103 Å². The molecular weight excluding hydrogens is 733 g/mol. The smallest absolute Gasteiger partial charge is 0.115 e. The van der Waals surface area contributed by atoms with Crippen molar-refractivity contribution in [3.05, 3.63) is 152 Å². The van der Waals surface area contributed by atoms with Crippen molar-refractivity contribution in [2.75, 3.05) is 4.90 Å². The van der Waals surface area contributed by atoms with Gasteiger partial charge in [0.15, 0.2) is 0 Å². The molecule has 0 atom stereocenters. The summed E-state index contributed by atoms with van der Waals surface area (Å²) in [4.78, 5) is 1.79. The zero-order chi connectivity index (χ0) is 41.4. The molecule has 9 aromatic carbocycles. The number of hydrogen-bond donors (Lipinski definition) is 0. The molecule has 0 bridgehead atoms. The van der Waals surface area contributed by atoms with Gasteiger partial charge in [-0.15, -0.1) is 11.3 Å². The Labute approximate surface area is 364 Å². The highest BCUT2D eigenvalue weighted by Gasteiger charge is 2.27. The molecule has 0 amide bonds. The summed E-state index contributed by atoms with van der Waals surface area (Å²) in [7, 11) is 57.0. The Kier molecular flexibility index (Phi) is 9.53. The quantitative estimate of drug-likeness (QED) is 0.212. The van der Waals surface area contributed by atoms with Gasteiger partial charge in [-0.05, 0) is 85.3 Å². The predicted octanol–water partition coefficient (Wildman–Crippen LogP) is 5.18. The molecule has 0 unspecified atom stereocenters. The van der Waals surface area contributed by atoms with E-state index in [4.69, 9.17) is 62.8 Å². The average Bonchev–Trinajstić information content (AvgIpc) is 3.65. The third-order valence-corrected chi connectivity index (χ3v) is 12.8. The Morgan fingerprint density at radius 1 is 0.333 bits per heavy atom. The van der Waals surface area contributed by atoms with Crippen molar-refractivity contribution < 1.29 is 0 Å². The number of thiophene rings is 1. The van der Waals surface area contributed by atoms with E-state index < -0.39 is 0 Å². The Balaban J connectivity index is 1.23. The fourth-order valence-corrected chi connectivity index (χ4v) is 9.76. The molecule has 260 valence electrons. The van der Waals surface area contributed by atoms with Gasteiger partial charge in [0, 0.05) is 37.2 Å². The van der Waals surface area contributed by atoms with Crippen LogP contribution in [0.25, 0.3) is 75.1 Å². The normalized spacial score (nSPS) is 11.5. The van der Waals surface area contributed by atoms with Crippen LogP contribution in [0.2, 0.25) is 0 Å². The Hall–Kier alpha value is -5.96. The van der Waals surface area contributed by atoms with E-state index in [0.29, 0.717) is 28.2 Å². The molecule has 1 heterocycles. The zero-order valence-corrected chi connectivity index (χ0v) is 33.2. The molecule has 0 aliphatic rings. The number of hydrogen-bond acceptors (Lipinski definition) is 2. The summed E-state index contributed by atoms with van der Waals surface area (Å²) in [5.41, 5.74) is 7.47. The summed E-state index contributed by atoms with van der Waals surface area (Å²) >= 11 is 1.77. The van der Waals surface area contributed by atoms with Crippen molar-refractivity contribution in [2.24, 2.45) is 0 Å². The minimum absolute atomic E-state index is 0.176. The van der Waals surface area contributed by atoms with Crippen LogP contribution >= 0.6 is 11.3 Å². The lowest BCUT2D eigenvalue weighted by Gasteiger charge is -2.37. The average molecular weight is 758 g/mol. The van der Waals surface area contributed by atoms with E-state index in [1.54, 1.807) is 16.2 Å². The Bertz CT molecular complexity index is 3180. The van der Waals surface area contributed by atoms with Gasteiger partial charge in [-0.25, -0.2) is 0 Å². The first kappa shape index (κ1) is 38.3. The molecule has 16 radical (unpaired) electrons. The van der Waals surface area contributed by atoms with E-state index >= 15 is 0 Å². The summed E-state index contributed by atoms with van der Waals surface area (Å²) < 4.78 is 2.43. The van der Waals surface area contributed by atoms with Crippen LogP contribution in [-0.4, -0.2) is 62.8 Å². The molecule has 1 nitrogen and oxygen atoms in total. The second-order valence-electron chi connectivity index (χ2n) is 15.0. The van der Waals surface area contributed by atoms with E-state index in [2.05, 4.69) is 48.5 Å². The van der Waals surface area contributed by atoms with Crippen LogP contribution in [0, 0.1) is 0 Å². The second-order valence-corrected chi connectivity index (χ2v) is 16.1. The Morgan fingerprint density at radius 3 is 1.32 bits per heavy atom. The first-order valence-electron chi connectivity index (χ1n) is 19.4. The highest BCUT2D eigenvalue weighted by atomic mass is 32.1. The third kappa shape index (κ3) is 6.02. The van der Waals surface area contributed by atoms with Gasteiger partial charge in [0.05, 0.1) is 0 Å². The maximum atomic E-state index is 7.18. The van der Waals surface area contributed by atoms with Gasteiger partial charge in [0.1, 0.15) is 62.8 Å². The lowest BCUT2D eigenvalue weighted by atomic mass is 9.62. The SMILES string of the molecule is [B]c1c([B])c(N(c2cccc(-c3ccc4sc5ccccc5c4c3)c2)c2c([B])c([B])c(-c3cccc4ccccc34)c([B])c2[B])c([B])c([B])c1-c1cccc2ccccc12. The molecule has 0 fully saturated rings. The van der Waals surface area contributed by atoms with Crippen LogP contribution in [0.3, 0.4) is 0 Å². The summed E-state index contributed by atoms with van der Waals surface area (Å²) in [6.07, 6.45) is 0. The highest BCUT2D eigenvalue weighted by Crippen LogP contribution is 2.39. The predicted molar refractivity (Wildman–Crippen MR) is 268 cm³/mol. The molecule has 0 N–H and O–H groups in total.